The number of halogens is 1. The summed E-state index contributed by atoms with van der Waals surface area (Å²) in [6.45, 7) is 5.05. The first-order valence-corrected chi connectivity index (χ1v) is 12.0. The first-order chi connectivity index (χ1) is 16.5. The molecule has 1 amide bonds. The number of benzene rings is 2. The number of nitrogens with one attached hydrogen (secondary N) is 1. The molecule has 1 aliphatic rings. The first-order valence-electron chi connectivity index (χ1n) is 12.0. The molecule has 0 radical (unpaired) electrons. The van der Waals surface area contributed by atoms with Crippen LogP contribution in [0.5, 0.6) is 5.75 Å². The van der Waals surface area contributed by atoms with Crippen LogP contribution in [0.25, 0.3) is 5.32 Å². The Hall–Kier alpha value is -2.08. The zero-order valence-corrected chi connectivity index (χ0v) is 23.1. The summed E-state index contributed by atoms with van der Waals surface area (Å²) in [6.07, 6.45) is 3.83. The smallest absolute Gasteiger partial charge is 0.251 e. The number of ether oxygens (including phenoxy) is 2. The van der Waals surface area contributed by atoms with E-state index in [1.165, 1.54) is 29.8 Å². The van der Waals surface area contributed by atoms with Crippen molar-refractivity contribution in [3.05, 3.63) is 70.8 Å². The summed E-state index contributed by atoms with van der Waals surface area (Å²) < 4.78 is 24.2. The maximum absolute atomic E-state index is 12.9. The summed E-state index contributed by atoms with van der Waals surface area (Å²) in [6, 6.07) is 13.4. The van der Waals surface area contributed by atoms with E-state index >= 15 is 0 Å². The van der Waals surface area contributed by atoms with Crippen molar-refractivity contribution in [2.24, 2.45) is 5.92 Å². The number of rotatable bonds is 13. The second kappa shape index (κ2) is 15.8. The molecule has 35 heavy (non-hydrogen) atoms. The fraction of sp³-hybridized carbons (Fsp3) is 0.481. The van der Waals surface area contributed by atoms with Gasteiger partial charge in [0.15, 0.2) is 0 Å². The Morgan fingerprint density at radius 1 is 1.03 bits per heavy atom. The van der Waals surface area contributed by atoms with Crippen LogP contribution in [-0.4, -0.2) is 51.1 Å². The van der Waals surface area contributed by atoms with Gasteiger partial charge in [-0.2, -0.15) is 0 Å². The van der Waals surface area contributed by atoms with Gasteiger partial charge in [-0.25, -0.2) is 4.39 Å². The van der Waals surface area contributed by atoms with Crippen LogP contribution < -0.4 is 10.1 Å². The average molecular weight is 652 g/mol. The molecule has 190 valence electrons. The molecule has 6 nitrogen and oxygen atoms in total. The molecule has 0 aliphatic carbocycles. The standard InChI is InChI=1S/C27H34FN2O4.W/c1-20(31)18-24(19-21-10-12-29-13-11-21)22-4-8-26(9-5-22)34-17-16-33-15-14-30-27(32)23-2-6-25(28)7-3-23;/h2-9,21,24H,10-19H2,1H3,(H,30,32);/q-1;/i28-1;. The Morgan fingerprint density at radius 3 is 2.37 bits per heavy atom. The Kier molecular flexibility index (Phi) is 13.2. The van der Waals surface area contributed by atoms with E-state index in [1.807, 2.05) is 12.1 Å². The second-order valence-electron chi connectivity index (χ2n) is 8.75. The van der Waals surface area contributed by atoms with Gasteiger partial charge in [0, 0.05) is 39.6 Å². The molecule has 0 bridgehead atoms. The minimum atomic E-state index is -0.374. The van der Waals surface area contributed by atoms with Crippen LogP contribution in [0.3, 0.4) is 0 Å². The average Bonchev–Trinajstić information content (AvgIpc) is 2.84. The molecule has 2 aromatic carbocycles. The summed E-state index contributed by atoms with van der Waals surface area (Å²) in [4.78, 5) is 23.8. The molecule has 1 fully saturated rings. The number of piperidine rings is 1. The topological polar surface area (TPSA) is 78.7 Å². The fourth-order valence-electron chi connectivity index (χ4n) is 4.22. The molecule has 1 heterocycles. The van der Waals surface area contributed by atoms with Crippen LogP contribution in [0.15, 0.2) is 48.5 Å². The number of carbonyl (C=O) groups excluding carboxylic acids is 2. The van der Waals surface area contributed by atoms with E-state index in [9.17, 15) is 14.0 Å². The largest absolute Gasteiger partial charge is 0.662 e. The van der Waals surface area contributed by atoms with Gasteiger partial charge in [-0.15, -0.1) is 13.1 Å². The van der Waals surface area contributed by atoms with E-state index in [2.05, 4.69) is 22.8 Å². The van der Waals surface area contributed by atoms with E-state index in [-0.39, 0.29) is 44.5 Å². The van der Waals surface area contributed by atoms with Crippen molar-refractivity contribution in [2.75, 3.05) is 39.5 Å². The molecule has 1 atom stereocenters. The maximum Gasteiger partial charge on any atom is 0.251 e. The van der Waals surface area contributed by atoms with Gasteiger partial charge in [-0.05, 0) is 67.1 Å². The number of ketones is 1. The number of hydrogen-bond acceptors (Lipinski definition) is 4. The molecule has 2 aromatic rings. The van der Waals surface area contributed by atoms with E-state index in [0.717, 1.165) is 38.1 Å². The van der Waals surface area contributed by atoms with Crippen molar-refractivity contribution in [1.29, 1.82) is 0 Å². The van der Waals surface area contributed by atoms with E-state index in [0.29, 0.717) is 44.3 Å². The molecule has 1 saturated heterocycles. The van der Waals surface area contributed by atoms with Gasteiger partial charge in [-0.3, -0.25) is 4.79 Å². The molecule has 1 N–H and O–H groups in total. The predicted molar refractivity (Wildman–Crippen MR) is 130 cm³/mol. The van der Waals surface area contributed by atoms with Gasteiger partial charge in [0.2, 0.25) is 0 Å². The van der Waals surface area contributed by atoms with E-state index in [1.54, 1.807) is 6.92 Å². The van der Waals surface area contributed by atoms with Crippen LogP contribution in [0, 0.1) is 11.7 Å². The number of hydrogen-bond donors (Lipinski definition) is 1. The van der Waals surface area contributed by atoms with Crippen molar-refractivity contribution in [3.8, 4) is 5.75 Å². The molecule has 8 heteroatoms. The zero-order chi connectivity index (χ0) is 24.2. The van der Waals surface area contributed by atoms with E-state index in [4.69, 9.17) is 9.47 Å². The monoisotopic (exact) mass is 652 g/mol. The third-order valence-corrected chi connectivity index (χ3v) is 6.03. The SMILES string of the molecule is CC(=O)CC(CC1CC[N-]CC1)c1ccc(OCCOCCNC(=O)c2ccc([18F])cc2)cc1.[W]. The van der Waals surface area contributed by atoms with Gasteiger partial charge in [0.05, 0.1) is 13.2 Å². The third-order valence-electron chi connectivity index (χ3n) is 6.03. The molecular weight excluding hydrogens is 618 g/mol. The molecule has 1 unspecified atom stereocenters. The maximum atomic E-state index is 12.9. The van der Waals surface area contributed by atoms with Crippen molar-refractivity contribution < 1.29 is 44.5 Å². The van der Waals surface area contributed by atoms with Gasteiger partial charge >= 0.3 is 0 Å². The summed E-state index contributed by atoms with van der Waals surface area (Å²) in [5.41, 5.74) is 1.59. The third kappa shape index (κ3) is 10.6. The van der Waals surface area contributed by atoms with Gasteiger partial charge < -0.3 is 24.9 Å². The zero-order valence-electron chi connectivity index (χ0n) is 20.2. The molecule has 0 saturated carbocycles. The Balaban J connectivity index is 0.00000432. The number of amides is 1. The van der Waals surface area contributed by atoms with Crippen LogP contribution in [0.4, 0.5) is 4.39 Å². The second-order valence-corrected chi connectivity index (χ2v) is 8.75. The van der Waals surface area contributed by atoms with Crippen molar-refractivity contribution in [3.63, 3.8) is 0 Å². The van der Waals surface area contributed by atoms with Crippen LogP contribution in [0.2, 0.25) is 0 Å². The van der Waals surface area contributed by atoms with Crippen LogP contribution >= 0.6 is 0 Å². The quantitative estimate of drug-likeness (QED) is 0.313. The van der Waals surface area contributed by atoms with Gasteiger partial charge in [0.25, 0.3) is 5.91 Å². The van der Waals surface area contributed by atoms with Gasteiger partial charge in [0.1, 0.15) is 24.0 Å². The van der Waals surface area contributed by atoms with Crippen molar-refractivity contribution in [1.82, 2.24) is 5.32 Å². The number of nitrogens with zero attached hydrogens (tertiary/aromatic N) is 1. The molecule has 1 aliphatic heterocycles. The summed E-state index contributed by atoms with van der Waals surface area (Å²) in [5.74, 6) is 1.22. The Morgan fingerprint density at radius 2 is 1.71 bits per heavy atom. The summed E-state index contributed by atoms with van der Waals surface area (Å²) >= 11 is 0. The molecule has 0 spiro atoms. The summed E-state index contributed by atoms with van der Waals surface area (Å²) in [5, 5.41) is 7.16. The molecular formula is C27H34FN2O4W-. The van der Waals surface area contributed by atoms with E-state index < -0.39 is 0 Å². The minimum Gasteiger partial charge on any atom is -0.662 e. The van der Waals surface area contributed by atoms with Crippen molar-refractivity contribution in [2.45, 2.75) is 38.5 Å². The summed E-state index contributed by atoms with van der Waals surface area (Å²) in [7, 11) is 0. The first kappa shape index (κ1) is 29.2. The normalized spacial score (nSPS) is 14.6. The van der Waals surface area contributed by atoms with Gasteiger partial charge in [-0.1, -0.05) is 25.0 Å². The minimum absolute atomic E-state index is 0. The molecule has 0 aromatic heterocycles. The van der Waals surface area contributed by atoms with Crippen LogP contribution in [0.1, 0.15) is 54.4 Å². The fourth-order valence-corrected chi connectivity index (χ4v) is 4.22. The van der Waals surface area contributed by atoms with Crippen LogP contribution in [-0.2, 0) is 30.6 Å². The molecule has 3 rings (SSSR count). The Bertz CT molecular complexity index is 902. The predicted octanol–water partition coefficient (Wildman–Crippen LogP) is 4.89. The Labute approximate surface area is 221 Å². The number of carbonyl (C=O) groups is 2. The number of Topliss-reactive ketones (excluding diaryl/α,β-unsaturated/α-hetero) is 1. The van der Waals surface area contributed by atoms with Crippen molar-refractivity contribution >= 4 is 11.7 Å².